The molecule has 118 valence electrons. The minimum atomic E-state index is -3.76. The van der Waals surface area contributed by atoms with Crippen LogP contribution in [-0.4, -0.2) is 8.42 Å². The van der Waals surface area contributed by atoms with Gasteiger partial charge in [0.25, 0.3) is 10.0 Å². The van der Waals surface area contributed by atoms with E-state index < -0.39 is 10.0 Å². The summed E-state index contributed by atoms with van der Waals surface area (Å²) in [5.41, 5.74) is 1.27. The quantitative estimate of drug-likeness (QED) is 0.831. The molecule has 0 spiro atoms. The Balaban J connectivity index is 2.46. The van der Waals surface area contributed by atoms with Gasteiger partial charge in [-0.2, -0.15) is 0 Å². The molecular formula is C16H17Cl2NO2S. The van der Waals surface area contributed by atoms with E-state index in [9.17, 15) is 8.42 Å². The fourth-order valence-electron chi connectivity index (χ4n) is 2.11. The minimum absolute atomic E-state index is 0.0358. The highest BCUT2D eigenvalue weighted by atomic mass is 35.5. The highest BCUT2D eigenvalue weighted by molar-refractivity contribution is 7.92. The third-order valence-electron chi connectivity index (χ3n) is 3.13. The van der Waals surface area contributed by atoms with Crippen LogP contribution in [0, 0.1) is 0 Å². The molecule has 0 saturated heterocycles. The predicted molar refractivity (Wildman–Crippen MR) is 92.4 cm³/mol. The highest BCUT2D eigenvalue weighted by Crippen LogP contribution is 2.31. The van der Waals surface area contributed by atoms with E-state index in [1.165, 1.54) is 18.2 Å². The van der Waals surface area contributed by atoms with E-state index in [4.69, 9.17) is 23.2 Å². The summed E-state index contributed by atoms with van der Waals surface area (Å²) in [5, 5.41) is 0.550. The SMILES string of the molecule is CC(C)(C)c1ccccc1NS(=O)(=O)c1cc(Cl)cc(Cl)c1. The van der Waals surface area contributed by atoms with Gasteiger partial charge in [-0.3, -0.25) is 4.72 Å². The molecule has 1 N–H and O–H groups in total. The van der Waals surface area contributed by atoms with E-state index in [2.05, 4.69) is 4.72 Å². The largest absolute Gasteiger partial charge is 0.279 e. The summed E-state index contributed by atoms with van der Waals surface area (Å²) >= 11 is 11.8. The lowest BCUT2D eigenvalue weighted by molar-refractivity contribution is 0.590. The smallest absolute Gasteiger partial charge is 0.262 e. The van der Waals surface area contributed by atoms with Crippen molar-refractivity contribution >= 4 is 38.9 Å². The molecule has 0 fully saturated rings. The molecule has 0 unspecified atom stereocenters. The monoisotopic (exact) mass is 357 g/mol. The van der Waals surface area contributed by atoms with Gasteiger partial charge in [-0.25, -0.2) is 8.42 Å². The van der Waals surface area contributed by atoms with Crippen LogP contribution in [0.15, 0.2) is 47.4 Å². The first-order chi connectivity index (χ1) is 10.1. The number of para-hydroxylation sites is 1. The van der Waals surface area contributed by atoms with Crippen LogP contribution in [0.1, 0.15) is 26.3 Å². The van der Waals surface area contributed by atoms with Gasteiger partial charge in [-0.1, -0.05) is 62.2 Å². The van der Waals surface area contributed by atoms with Crippen molar-refractivity contribution in [3.05, 3.63) is 58.1 Å². The zero-order valence-corrected chi connectivity index (χ0v) is 14.9. The zero-order chi connectivity index (χ0) is 16.5. The topological polar surface area (TPSA) is 46.2 Å². The maximum Gasteiger partial charge on any atom is 0.262 e. The lowest BCUT2D eigenvalue weighted by atomic mass is 9.86. The Labute approximate surface area is 141 Å². The van der Waals surface area contributed by atoms with Crippen LogP contribution in [0.25, 0.3) is 0 Å². The Hall–Kier alpha value is -1.23. The van der Waals surface area contributed by atoms with E-state index in [1.807, 2.05) is 32.9 Å². The molecule has 0 aliphatic rings. The van der Waals surface area contributed by atoms with Gasteiger partial charge in [0, 0.05) is 10.0 Å². The molecule has 0 bridgehead atoms. The van der Waals surface area contributed by atoms with Crippen LogP contribution in [0.2, 0.25) is 10.0 Å². The Kier molecular flexibility index (Phi) is 4.76. The third kappa shape index (κ3) is 3.94. The standard InChI is InChI=1S/C16H17Cl2NO2S/c1-16(2,3)14-6-4-5-7-15(14)19-22(20,21)13-9-11(17)8-12(18)10-13/h4-10,19H,1-3H3. The molecule has 0 heterocycles. The number of sulfonamides is 1. The van der Waals surface area contributed by atoms with Crippen LogP contribution in [0.5, 0.6) is 0 Å². The van der Waals surface area contributed by atoms with Crippen molar-refractivity contribution in [2.24, 2.45) is 0 Å². The van der Waals surface area contributed by atoms with Gasteiger partial charge in [-0.15, -0.1) is 0 Å². The average Bonchev–Trinajstić information content (AvgIpc) is 2.36. The van der Waals surface area contributed by atoms with E-state index in [-0.39, 0.29) is 20.4 Å². The van der Waals surface area contributed by atoms with Crippen molar-refractivity contribution in [1.29, 1.82) is 0 Å². The highest BCUT2D eigenvalue weighted by Gasteiger charge is 2.22. The fraction of sp³-hybridized carbons (Fsp3) is 0.250. The summed E-state index contributed by atoms with van der Waals surface area (Å²) in [6, 6.07) is 11.6. The van der Waals surface area contributed by atoms with Crippen molar-refractivity contribution in [2.45, 2.75) is 31.1 Å². The van der Waals surface area contributed by atoms with Crippen LogP contribution in [0.3, 0.4) is 0 Å². The van der Waals surface area contributed by atoms with Crippen molar-refractivity contribution in [3.8, 4) is 0 Å². The second-order valence-electron chi connectivity index (χ2n) is 6.01. The first-order valence-corrected chi connectivity index (χ1v) is 8.92. The molecule has 3 nitrogen and oxygen atoms in total. The minimum Gasteiger partial charge on any atom is -0.279 e. The zero-order valence-electron chi connectivity index (χ0n) is 12.5. The molecule has 0 aliphatic heterocycles. The Bertz CT molecular complexity index is 776. The molecule has 22 heavy (non-hydrogen) atoms. The van der Waals surface area contributed by atoms with Gasteiger partial charge in [0.2, 0.25) is 0 Å². The molecule has 2 aromatic rings. The first kappa shape index (κ1) is 17.1. The van der Waals surface area contributed by atoms with Gasteiger partial charge in [0.05, 0.1) is 10.6 Å². The van der Waals surface area contributed by atoms with Crippen LogP contribution < -0.4 is 4.72 Å². The lowest BCUT2D eigenvalue weighted by Crippen LogP contribution is -2.19. The molecule has 2 aromatic carbocycles. The molecule has 0 amide bonds. The molecule has 0 radical (unpaired) electrons. The summed E-state index contributed by atoms with van der Waals surface area (Å²) in [6.07, 6.45) is 0. The predicted octanol–water partition coefficient (Wildman–Crippen LogP) is 5.09. The molecule has 0 aliphatic carbocycles. The second kappa shape index (κ2) is 6.11. The maximum atomic E-state index is 12.6. The molecule has 2 rings (SSSR count). The van der Waals surface area contributed by atoms with Crippen molar-refractivity contribution in [1.82, 2.24) is 0 Å². The van der Waals surface area contributed by atoms with Crippen LogP contribution in [0.4, 0.5) is 5.69 Å². The second-order valence-corrected chi connectivity index (χ2v) is 8.56. The van der Waals surface area contributed by atoms with Gasteiger partial charge < -0.3 is 0 Å². The number of halogens is 2. The molecule has 6 heteroatoms. The Morgan fingerprint density at radius 3 is 2.05 bits per heavy atom. The molecular weight excluding hydrogens is 341 g/mol. The normalized spacial score (nSPS) is 12.2. The summed E-state index contributed by atoms with van der Waals surface area (Å²) in [4.78, 5) is 0.0358. The van der Waals surface area contributed by atoms with Crippen LogP contribution in [-0.2, 0) is 15.4 Å². The summed E-state index contributed by atoms with van der Waals surface area (Å²) in [6.45, 7) is 6.07. The van der Waals surface area contributed by atoms with E-state index >= 15 is 0 Å². The van der Waals surface area contributed by atoms with Crippen LogP contribution >= 0.6 is 23.2 Å². The fourth-order valence-corrected chi connectivity index (χ4v) is 3.92. The average molecular weight is 358 g/mol. The number of nitrogens with one attached hydrogen (secondary N) is 1. The lowest BCUT2D eigenvalue weighted by Gasteiger charge is -2.23. The number of hydrogen-bond acceptors (Lipinski definition) is 2. The van der Waals surface area contributed by atoms with E-state index in [0.29, 0.717) is 5.69 Å². The van der Waals surface area contributed by atoms with Gasteiger partial charge >= 0.3 is 0 Å². The molecule has 0 saturated carbocycles. The van der Waals surface area contributed by atoms with Crippen molar-refractivity contribution < 1.29 is 8.42 Å². The van der Waals surface area contributed by atoms with E-state index in [0.717, 1.165) is 5.56 Å². The number of rotatable bonds is 3. The maximum absolute atomic E-state index is 12.6. The Morgan fingerprint density at radius 1 is 0.955 bits per heavy atom. The molecule has 0 aromatic heterocycles. The van der Waals surface area contributed by atoms with Gasteiger partial charge in [0.1, 0.15) is 0 Å². The third-order valence-corrected chi connectivity index (χ3v) is 4.91. The number of anilines is 1. The van der Waals surface area contributed by atoms with Crippen molar-refractivity contribution in [3.63, 3.8) is 0 Å². The van der Waals surface area contributed by atoms with Gasteiger partial charge in [-0.05, 0) is 35.2 Å². The summed E-state index contributed by atoms with van der Waals surface area (Å²) in [5.74, 6) is 0. The van der Waals surface area contributed by atoms with E-state index in [1.54, 1.807) is 12.1 Å². The summed E-state index contributed by atoms with van der Waals surface area (Å²) < 4.78 is 27.7. The molecule has 0 atom stereocenters. The number of hydrogen-bond donors (Lipinski definition) is 1. The Morgan fingerprint density at radius 2 is 1.50 bits per heavy atom. The first-order valence-electron chi connectivity index (χ1n) is 6.68. The summed E-state index contributed by atoms with van der Waals surface area (Å²) in [7, 11) is -3.76. The number of benzene rings is 2. The van der Waals surface area contributed by atoms with Crippen molar-refractivity contribution in [2.75, 3.05) is 4.72 Å². The van der Waals surface area contributed by atoms with Gasteiger partial charge in [0.15, 0.2) is 0 Å².